The highest BCUT2D eigenvalue weighted by atomic mass is 16.1. The van der Waals surface area contributed by atoms with Crippen molar-refractivity contribution in [2.24, 2.45) is 0 Å². The Hall–Kier alpha value is -3.28. The summed E-state index contributed by atoms with van der Waals surface area (Å²) in [6.45, 7) is 2.51. The van der Waals surface area contributed by atoms with E-state index >= 15 is 0 Å². The second-order valence-corrected chi connectivity index (χ2v) is 5.28. The number of nitrogens with zero attached hydrogens (tertiary/aromatic N) is 3. The minimum absolute atomic E-state index is 0.233. The molecule has 3 rings (SSSR count). The molecule has 0 atom stereocenters. The molecule has 0 aliphatic carbocycles. The summed E-state index contributed by atoms with van der Waals surface area (Å²) >= 11 is 0. The molecule has 0 bridgehead atoms. The molecule has 2 aromatic heterocycles. The number of benzene rings is 1. The van der Waals surface area contributed by atoms with E-state index in [4.69, 9.17) is 0 Å². The zero-order valence-electron chi connectivity index (χ0n) is 13.2. The Morgan fingerprint density at radius 2 is 1.83 bits per heavy atom. The predicted molar refractivity (Wildman–Crippen MR) is 92.7 cm³/mol. The first kappa shape index (κ1) is 15.6. The normalized spacial score (nSPS) is 10.2. The van der Waals surface area contributed by atoms with E-state index in [-0.39, 0.29) is 5.91 Å². The van der Waals surface area contributed by atoms with Crippen molar-refractivity contribution in [3.63, 3.8) is 0 Å². The van der Waals surface area contributed by atoms with Crippen LogP contribution in [-0.4, -0.2) is 20.9 Å². The number of rotatable bonds is 5. The molecule has 0 saturated heterocycles. The Balaban J connectivity index is 1.61. The summed E-state index contributed by atoms with van der Waals surface area (Å²) in [7, 11) is 0. The summed E-state index contributed by atoms with van der Waals surface area (Å²) in [5.74, 6) is 0.231. The number of aryl methyl sites for hydroxylation is 1. The standard InChI is InChI=1S/C18H17N5O/c1-13-5-2-3-7-16(13)23-17(24)15-11-21-18(22-12-15)20-10-14-6-4-8-19-9-14/h2-9,11-12H,10H2,1H3,(H,23,24)(H,20,21,22). The summed E-state index contributed by atoms with van der Waals surface area (Å²) in [5.41, 5.74) is 3.22. The van der Waals surface area contributed by atoms with E-state index < -0.39 is 0 Å². The molecule has 3 aromatic rings. The molecule has 0 radical (unpaired) electrons. The summed E-state index contributed by atoms with van der Waals surface area (Å²) in [4.78, 5) is 24.6. The molecule has 0 fully saturated rings. The number of para-hydroxylation sites is 1. The van der Waals surface area contributed by atoms with Gasteiger partial charge in [0.05, 0.1) is 5.56 Å². The van der Waals surface area contributed by atoms with Crippen LogP contribution in [-0.2, 0) is 6.54 Å². The van der Waals surface area contributed by atoms with Gasteiger partial charge in [0, 0.05) is 37.0 Å². The Bertz CT molecular complexity index is 818. The molecule has 1 amide bonds. The molecule has 1 aromatic carbocycles. The van der Waals surface area contributed by atoms with Crippen molar-refractivity contribution in [1.29, 1.82) is 0 Å². The third kappa shape index (κ3) is 3.92. The minimum Gasteiger partial charge on any atom is -0.350 e. The lowest BCUT2D eigenvalue weighted by Gasteiger charge is -2.08. The van der Waals surface area contributed by atoms with E-state index in [2.05, 4.69) is 25.6 Å². The smallest absolute Gasteiger partial charge is 0.258 e. The first-order valence-corrected chi connectivity index (χ1v) is 7.54. The average molecular weight is 319 g/mol. The number of carbonyl (C=O) groups is 1. The number of amides is 1. The fourth-order valence-corrected chi connectivity index (χ4v) is 2.13. The van der Waals surface area contributed by atoms with Crippen molar-refractivity contribution >= 4 is 17.5 Å². The molecule has 0 aliphatic rings. The van der Waals surface area contributed by atoms with Gasteiger partial charge in [-0.2, -0.15) is 0 Å². The Morgan fingerprint density at radius 3 is 2.54 bits per heavy atom. The third-order valence-corrected chi connectivity index (χ3v) is 3.48. The van der Waals surface area contributed by atoms with Crippen LogP contribution >= 0.6 is 0 Å². The van der Waals surface area contributed by atoms with Gasteiger partial charge in [-0.15, -0.1) is 0 Å². The van der Waals surface area contributed by atoms with Gasteiger partial charge in [0.15, 0.2) is 0 Å². The van der Waals surface area contributed by atoms with Crippen LogP contribution in [0.25, 0.3) is 0 Å². The van der Waals surface area contributed by atoms with Crippen molar-refractivity contribution < 1.29 is 4.79 Å². The minimum atomic E-state index is -0.233. The van der Waals surface area contributed by atoms with Crippen LogP contribution in [0.4, 0.5) is 11.6 Å². The van der Waals surface area contributed by atoms with Crippen LogP contribution in [0.2, 0.25) is 0 Å². The van der Waals surface area contributed by atoms with Gasteiger partial charge in [-0.25, -0.2) is 9.97 Å². The maximum absolute atomic E-state index is 12.2. The zero-order chi connectivity index (χ0) is 16.8. The number of anilines is 2. The van der Waals surface area contributed by atoms with Crippen LogP contribution < -0.4 is 10.6 Å². The highest BCUT2D eigenvalue weighted by molar-refractivity contribution is 6.04. The molecular formula is C18H17N5O. The molecule has 24 heavy (non-hydrogen) atoms. The summed E-state index contributed by atoms with van der Waals surface area (Å²) in [5, 5.41) is 5.95. The second kappa shape index (κ2) is 7.32. The largest absolute Gasteiger partial charge is 0.350 e. The monoisotopic (exact) mass is 319 g/mol. The van der Waals surface area contributed by atoms with Crippen molar-refractivity contribution in [3.05, 3.63) is 77.9 Å². The summed E-state index contributed by atoms with van der Waals surface area (Å²) in [6, 6.07) is 11.4. The highest BCUT2D eigenvalue weighted by Gasteiger charge is 2.08. The predicted octanol–water partition coefficient (Wildman–Crippen LogP) is 3.04. The first-order valence-electron chi connectivity index (χ1n) is 7.54. The Kier molecular flexibility index (Phi) is 4.76. The summed E-state index contributed by atoms with van der Waals surface area (Å²) < 4.78 is 0. The topological polar surface area (TPSA) is 79.8 Å². The Labute approximate surface area is 140 Å². The van der Waals surface area contributed by atoms with E-state index in [1.54, 1.807) is 12.4 Å². The molecule has 0 saturated carbocycles. The van der Waals surface area contributed by atoms with Gasteiger partial charge in [0.25, 0.3) is 5.91 Å². The second-order valence-electron chi connectivity index (χ2n) is 5.28. The van der Waals surface area contributed by atoms with Gasteiger partial charge in [-0.1, -0.05) is 24.3 Å². The molecule has 120 valence electrons. The van der Waals surface area contributed by atoms with Gasteiger partial charge in [0.1, 0.15) is 0 Å². The number of carbonyl (C=O) groups excluding carboxylic acids is 1. The van der Waals surface area contributed by atoms with Crippen molar-refractivity contribution in [2.45, 2.75) is 13.5 Å². The van der Waals surface area contributed by atoms with Crippen LogP contribution in [0.1, 0.15) is 21.5 Å². The fourth-order valence-electron chi connectivity index (χ4n) is 2.13. The van der Waals surface area contributed by atoms with Gasteiger partial charge < -0.3 is 10.6 Å². The van der Waals surface area contributed by atoms with E-state index in [9.17, 15) is 4.79 Å². The van der Waals surface area contributed by atoms with Crippen molar-refractivity contribution in [1.82, 2.24) is 15.0 Å². The van der Waals surface area contributed by atoms with Gasteiger partial charge >= 0.3 is 0 Å². The molecule has 0 aliphatic heterocycles. The summed E-state index contributed by atoms with van der Waals surface area (Å²) in [6.07, 6.45) is 6.51. The van der Waals surface area contributed by atoms with Crippen LogP contribution in [0, 0.1) is 6.92 Å². The van der Waals surface area contributed by atoms with Gasteiger partial charge in [0.2, 0.25) is 5.95 Å². The molecule has 2 heterocycles. The quantitative estimate of drug-likeness (QED) is 0.755. The van der Waals surface area contributed by atoms with Gasteiger partial charge in [-0.3, -0.25) is 9.78 Å². The molecule has 6 heteroatoms. The maximum Gasteiger partial charge on any atom is 0.258 e. The lowest BCUT2D eigenvalue weighted by Crippen LogP contribution is -2.14. The van der Waals surface area contributed by atoms with E-state index in [0.29, 0.717) is 18.1 Å². The van der Waals surface area contributed by atoms with Crippen molar-refractivity contribution in [2.75, 3.05) is 10.6 Å². The van der Waals surface area contributed by atoms with Crippen LogP contribution in [0.15, 0.2) is 61.2 Å². The van der Waals surface area contributed by atoms with Crippen LogP contribution in [0.3, 0.4) is 0 Å². The molecule has 0 spiro atoms. The lowest BCUT2D eigenvalue weighted by atomic mass is 10.2. The average Bonchev–Trinajstić information content (AvgIpc) is 2.63. The number of pyridine rings is 1. The third-order valence-electron chi connectivity index (χ3n) is 3.48. The van der Waals surface area contributed by atoms with Crippen molar-refractivity contribution in [3.8, 4) is 0 Å². The zero-order valence-corrected chi connectivity index (χ0v) is 13.2. The Morgan fingerprint density at radius 1 is 1.04 bits per heavy atom. The molecule has 2 N–H and O–H groups in total. The van der Waals surface area contributed by atoms with E-state index in [0.717, 1.165) is 16.8 Å². The maximum atomic E-state index is 12.2. The van der Waals surface area contributed by atoms with E-state index in [1.165, 1.54) is 12.4 Å². The van der Waals surface area contributed by atoms with E-state index in [1.807, 2.05) is 43.3 Å². The fraction of sp³-hybridized carbons (Fsp3) is 0.111. The van der Waals surface area contributed by atoms with Crippen LogP contribution in [0.5, 0.6) is 0 Å². The number of aromatic nitrogens is 3. The molecule has 0 unspecified atom stereocenters. The molecule has 6 nitrogen and oxygen atoms in total. The first-order chi connectivity index (χ1) is 11.7. The highest BCUT2D eigenvalue weighted by Crippen LogP contribution is 2.14. The van der Waals surface area contributed by atoms with Gasteiger partial charge in [-0.05, 0) is 30.2 Å². The lowest BCUT2D eigenvalue weighted by molar-refractivity contribution is 0.102. The number of hydrogen-bond acceptors (Lipinski definition) is 5. The number of hydrogen-bond donors (Lipinski definition) is 2. The SMILES string of the molecule is Cc1ccccc1NC(=O)c1cnc(NCc2cccnc2)nc1. The number of nitrogens with one attached hydrogen (secondary N) is 2. The molecular weight excluding hydrogens is 302 g/mol.